The highest BCUT2D eigenvalue weighted by atomic mass is 16.2. The fourth-order valence-corrected chi connectivity index (χ4v) is 4.33. The van der Waals surface area contributed by atoms with Crippen LogP contribution in [-0.2, 0) is 16.8 Å². The molecule has 1 aromatic carbocycles. The number of hydrogen-bond acceptors (Lipinski definition) is 3. The van der Waals surface area contributed by atoms with E-state index in [4.69, 9.17) is 0 Å². The maximum Gasteiger partial charge on any atom is 0.250 e. The Morgan fingerprint density at radius 3 is 2.72 bits per heavy atom. The number of hydrogen-bond donors (Lipinski definition) is 1. The van der Waals surface area contributed by atoms with Crippen molar-refractivity contribution in [1.82, 2.24) is 20.0 Å². The largest absolute Gasteiger partial charge is 0.340 e. The molecule has 1 amide bonds. The van der Waals surface area contributed by atoms with E-state index in [1.54, 1.807) is 6.20 Å². The zero-order chi connectivity index (χ0) is 17.1. The standard InChI is InChI=1S/C20H26N4O/c25-19(20(8-11-21-12-9-20)24-13-4-10-22-24)23-14-7-18(16-23)15-17-5-2-1-3-6-17/h1-6,10,13,18,21H,7-9,11-12,14-16H2. The van der Waals surface area contributed by atoms with Crippen LogP contribution in [0.1, 0.15) is 24.8 Å². The zero-order valence-corrected chi connectivity index (χ0v) is 14.6. The molecule has 0 spiro atoms. The van der Waals surface area contributed by atoms with Gasteiger partial charge >= 0.3 is 0 Å². The van der Waals surface area contributed by atoms with Gasteiger partial charge in [0, 0.05) is 25.5 Å². The van der Waals surface area contributed by atoms with Gasteiger partial charge in [-0.2, -0.15) is 5.10 Å². The summed E-state index contributed by atoms with van der Waals surface area (Å²) in [5.41, 5.74) is 0.863. The van der Waals surface area contributed by atoms with E-state index < -0.39 is 5.54 Å². The van der Waals surface area contributed by atoms with Crippen molar-refractivity contribution in [1.29, 1.82) is 0 Å². The number of carbonyl (C=O) groups is 1. The van der Waals surface area contributed by atoms with Crippen LogP contribution in [0.25, 0.3) is 0 Å². The maximum atomic E-state index is 13.5. The summed E-state index contributed by atoms with van der Waals surface area (Å²) in [7, 11) is 0. The van der Waals surface area contributed by atoms with Crippen LogP contribution in [0, 0.1) is 5.92 Å². The van der Waals surface area contributed by atoms with Crippen LogP contribution in [0.4, 0.5) is 0 Å². The molecule has 0 saturated carbocycles. The molecule has 2 aliphatic rings. The Kier molecular flexibility index (Phi) is 4.57. The summed E-state index contributed by atoms with van der Waals surface area (Å²) in [5, 5.41) is 7.81. The van der Waals surface area contributed by atoms with Crippen LogP contribution in [0.3, 0.4) is 0 Å². The van der Waals surface area contributed by atoms with Gasteiger partial charge in [0.05, 0.1) is 0 Å². The van der Waals surface area contributed by atoms with E-state index >= 15 is 0 Å². The van der Waals surface area contributed by atoms with Gasteiger partial charge in [0.15, 0.2) is 0 Å². The van der Waals surface area contributed by atoms with Gasteiger partial charge in [-0.25, -0.2) is 0 Å². The van der Waals surface area contributed by atoms with Crippen molar-refractivity contribution in [2.45, 2.75) is 31.2 Å². The van der Waals surface area contributed by atoms with E-state index in [0.29, 0.717) is 5.92 Å². The fourth-order valence-electron chi connectivity index (χ4n) is 4.33. The molecule has 4 rings (SSSR count). The van der Waals surface area contributed by atoms with Crippen LogP contribution in [-0.4, -0.2) is 46.8 Å². The molecule has 1 N–H and O–H groups in total. The summed E-state index contributed by atoms with van der Waals surface area (Å²) in [6.07, 6.45) is 7.50. The highest BCUT2D eigenvalue weighted by molar-refractivity contribution is 5.85. The maximum absolute atomic E-state index is 13.5. The Balaban J connectivity index is 1.48. The Labute approximate surface area is 149 Å². The van der Waals surface area contributed by atoms with E-state index in [9.17, 15) is 4.79 Å². The highest BCUT2D eigenvalue weighted by Crippen LogP contribution is 2.32. The minimum Gasteiger partial charge on any atom is -0.340 e. The molecule has 5 nitrogen and oxygen atoms in total. The lowest BCUT2D eigenvalue weighted by molar-refractivity contribution is -0.142. The SMILES string of the molecule is O=C(N1CCC(Cc2ccccc2)C1)C1(n2cccn2)CCNCC1. The van der Waals surface area contributed by atoms with Gasteiger partial charge < -0.3 is 10.2 Å². The first-order chi connectivity index (χ1) is 12.3. The Hall–Kier alpha value is -2.14. The minimum absolute atomic E-state index is 0.258. The first kappa shape index (κ1) is 16.3. The minimum atomic E-state index is -0.504. The van der Waals surface area contributed by atoms with Crippen molar-refractivity contribution in [2.24, 2.45) is 5.92 Å². The number of likely N-dealkylation sites (tertiary alicyclic amines) is 1. The molecule has 1 aromatic heterocycles. The van der Waals surface area contributed by atoms with Crippen LogP contribution in [0.15, 0.2) is 48.8 Å². The normalized spacial score (nSPS) is 22.9. The van der Waals surface area contributed by atoms with Gasteiger partial charge in [0.2, 0.25) is 0 Å². The summed E-state index contributed by atoms with van der Waals surface area (Å²) in [4.78, 5) is 15.5. The van der Waals surface area contributed by atoms with Crippen molar-refractivity contribution in [3.05, 3.63) is 54.4 Å². The Morgan fingerprint density at radius 1 is 1.20 bits per heavy atom. The van der Waals surface area contributed by atoms with E-state index in [1.807, 2.05) is 16.9 Å². The van der Waals surface area contributed by atoms with Crippen molar-refractivity contribution in [3.63, 3.8) is 0 Å². The average Bonchev–Trinajstić information content (AvgIpc) is 3.35. The number of piperidine rings is 1. The molecule has 3 heterocycles. The molecule has 5 heteroatoms. The molecule has 0 bridgehead atoms. The number of benzene rings is 1. The van der Waals surface area contributed by atoms with Crippen molar-refractivity contribution in [3.8, 4) is 0 Å². The van der Waals surface area contributed by atoms with E-state index in [1.165, 1.54) is 5.56 Å². The summed E-state index contributed by atoms with van der Waals surface area (Å²) in [5.74, 6) is 0.816. The first-order valence-corrected chi connectivity index (χ1v) is 9.32. The molecular formula is C20H26N4O. The van der Waals surface area contributed by atoms with Crippen LogP contribution >= 0.6 is 0 Å². The average molecular weight is 338 g/mol. The van der Waals surface area contributed by atoms with Crippen LogP contribution in [0.2, 0.25) is 0 Å². The van der Waals surface area contributed by atoms with Gasteiger partial charge in [-0.3, -0.25) is 9.48 Å². The van der Waals surface area contributed by atoms with Gasteiger partial charge in [-0.05, 0) is 56.3 Å². The summed E-state index contributed by atoms with van der Waals surface area (Å²) in [6, 6.07) is 12.5. The van der Waals surface area contributed by atoms with Crippen molar-refractivity contribution in [2.75, 3.05) is 26.2 Å². The number of carbonyl (C=O) groups excluding carboxylic acids is 1. The Morgan fingerprint density at radius 2 is 2.00 bits per heavy atom. The molecule has 0 aliphatic carbocycles. The van der Waals surface area contributed by atoms with Gasteiger partial charge in [-0.1, -0.05) is 30.3 Å². The molecule has 2 aromatic rings. The summed E-state index contributed by atoms with van der Waals surface area (Å²) >= 11 is 0. The monoisotopic (exact) mass is 338 g/mol. The smallest absolute Gasteiger partial charge is 0.250 e. The quantitative estimate of drug-likeness (QED) is 0.928. The molecular weight excluding hydrogens is 312 g/mol. The predicted octanol–water partition coefficient (Wildman–Crippen LogP) is 2.05. The van der Waals surface area contributed by atoms with Crippen molar-refractivity contribution >= 4 is 5.91 Å². The molecule has 2 saturated heterocycles. The topological polar surface area (TPSA) is 50.2 Å². The fraction of sp³-hybridized carbons (Fsp3) is 0.500. The lowest BCUT2D eigenvalue weighted by Crippen LogP contribution is -2.55. The first-order valence-electron chi connectivity index (χ1n) is 9.32. The van der Waals surface area contributed by atoms with Crippen LogP contribution in [0.5, 0.6) is 0 Å². The third-order valence-electron chi connectivity index (χ3n) is 5.71. The second-order valence-electron chi connectivity index (χ2n) is 7.33. The molecule has 25 heavy (non-hydrogen) atoms. The lowest BCUT2D eigenvalue weighted by atomic mass is 9.87. The molecule has 1 atom stereocenters. The number of nitrogens with zero attached hydrogens (tertiary/aromatic N) is 3. The predicted molar refractivity (Wildman–Crippen MR) is 97.1 cm³/mol. The van der Waals surface area contributed by atoms with Crippen LogP contribution < -0.4 is 5.32 Å². The number of nitrogens with one attached hydrogen (secondary N) is 1. The van der Waals surface area contributed by atoms with Gasteiger partial charge in [-0.15, -0.1) is 0 Å². The van der Waals surface area contributed by atoms with Gasteiger partial charge in [0.25, 0.3) is 5.91 Å². The third-order valence-corrected chi connectivity index (χ3v) is 5.71. The van der Waals surface area contributed by atoms with Crippen molar-refractivity contribution < 1.29 is 4.79 Å². The summed E-state index contributed by atoms with van der Waals surface area (Å²) in [6.45, 7) is 3.47. The third kappa shape index (κ3) is 3.21. The number of amides is 1. The molecule has 132 valence electrons. The van der Waals surface area contributed by atoms with E-state index in [-0.39, 0.29) is 5.91 Å². The highest BCUT2D eigenvalue weighted by Gasteiger charge is 2.45. The molecule has 2 aliphatic heterocycles. The second kappa shape index (κ2) is 7.00. The molecule has 1 unspecified atom stereocenters. The Bertz CT molecular complexity index is 692. The zero-order valence-electron chi connectivity index (χ0n) is 14.6. The van der Waals surface area contributed by atoms with Gasteiger partial charge in [0.1, 0.15) is 5.54 Å². The lowest BCUT2D eigenvalue weighted by Gasteiger charge is -2.39. The van der Waals surface area contributed by atoms with E-state index in [0.717, 1.165) is 51.9 Å². The second-order valence-corrected chi connectivity index (χ2v) is 7.33. The van der Waals surface area contributed by atoms with E-state index in [2.05, 4.69) is 45.6 Å². The molecule has 2 fully saturated rings. The molecule has 0 radical (unpaired) electrons. The summed E-state index contributed by atoms with van der Waals surface area (Å²) < 4.78 is 1.90. The number of aromatic nitrogens is 2. The number of rotatable bonds is 4.